The van der Waals surface area contributed by atoms with Crippen LogP contribution in [0.15, 0.2) is 41.3 Å². The number of fused-ring (bicyclic) bond motifs is 3. The van der Waals surface area contributed by atoms with Gasteiger partial charge in [0.25, 0.3) is 5.12 Å². The number of carbonyl (C=O) groups is 2. The molecule has 0 unspecified atom stereocenters. The molecule has 2 nitrogen and oxygen atoms in total. The van der Waals surface area contributed by atoms with Crippen LogP contribution >= 0.6 is 11.8 Å². The SMILES string of the molecule is O=C1Sc2c(ccc3ccccc23)C1=O. The van der Waals surface area contributed by atoms with Crippen LogP contribution in [0.5, 0.6) is 0 Å². The number of ketones is 1. The Morgan fingerprint density at radius 3 is 2.60 bits per heavy atom. The number of carbonyl (C=O) groups excluding carboxylic acids is 2. The van der Waals surface area contributed by atoms with Crippen molar-refractivity contribution < 1.29 is 9.59 Å². The van der Waals surface area contributed by atoms with Gasteiger partial charge in [-0.2, -0.15) is 0 Å². The van der Waals surface area contributed by atoms with Crippen LogP contribution < -0.4 is 0 Å². The van der Waals surface area contributed by atoms with Gasteiger partial charge in [0.1, 0.15) is 0 Å². The van der Waals surface area contributed by atoms with Gasteiger partial charge in [-0.05, 0) is 28.6 Å². The third-order valence-electron chi connectivity index (χ3n) is 2.50. The number of benzene rings is 2. The molecule has 0 fully saturated rings. The summed E-state index contributed by atoms with van der Waals surface area (Å²) < 4.78 is 0. The fraction of sp³-hybridized carbons (Fsp3) is 0. The first kappa shape index (κ1) is 8.68. The molecule has 3 heteroatoms. The van der Waals surface area contributed by atoms with E-state index >= 15 is 0 Å². The van der Waals surface area contributed by atoms with E-state index in [4.69, 9.17) is 0 Å². The first-order chi connectivity index (χ1) is 7.27. The maximum absolute atomic E-state index is 11.5. The molecule has 72 valence electrons. The molecule has 0 bridgehead atoms. The van der Waals surface area contributed by atoms with Gasteiger partial charge in [-0.1, -0.05) is 30.3 Å². The average Bonchev–Trinajstić information content (AvgIpc) is 2.56. The third kappa shape index (κ3) is 1.13. The van der Waals surface area contributed by atoms with E-state index in [0.717, 1.165) is 27.4 Å². The lowest BCUT2D eigenvalue weighted by Crippen LogP contribution is -2.01. The van der Waals surface area contributed by atoms with Crippen molar-refractivity contribution in [2.24, 2.45) is 0 Å². The van der Waals surface area contributed by atoms with Crippen LogP contribution in [0.1, 0.15) is 10.4 Å². The lowest BCUT2D eigenvalue weighted by atomic mass is 10.1. The summed E-state index contributed by atoms with van der Waals surface area (Å²) >= 11 is 1.04. The van der Waals surface area contributed by atoms with Gasteiger partial charge in [-0.3, -0.25) is 9.59 Å². The molecule has 0 spiro atoms. The second kappa shape index (κ2) is 2.94. The molecule has 0 amide bonds. The normalized spacial score (nSPS) is 14.7. The molecular weight excluding hydrogens is 208 g/mol. The Morgan fingerprint density at radius 2 is 1.73 bits per heavy atom. The molecule has 0 aromatic heterocycles. The highest BCUT2D eigenvalue weighted by Gasteiger charge is 2.30. The molecule has 2 aromatic rings. The van der Waals surface area contributed by atoms with Gasteiger partial charge < -0.3 is 0 Å². The van der Waals surface area contributed by atoms with Crippen LogP contribution in [0, 0.1) is 0 Å². The summed E-state index contributed by atoms with van der Waals surface area (Å²) in [6.45, 7) is 0. The first-order valence-electron chi connectivity index (χ1n) is 4.55. The Labute approximate surface area is 90.3 Å². The predicted octanol–water partition coefficient (Wildman–Crippen LogP) is 2.65. The standard InChI is InChI=1S/C12H6O2S/c13-10-9-6-5-7-3-1-2-4-8(7)11(9)15-12(10)14/h1-6H. The van der Waals surface area contributed by atoms with E-state index in [1.54, 1.807) is 6.07 Å². The highest BCUT2D eigenvalue weighted by atomic mass is 32.2. The van der Waals surface area contributed by atoms with Crippen LogP contribution in [-0.4, -0.2) is 10.9 Å². The maximum Gasteiger partial charge on any atom is 0.264 e. The smallest absolute Gasteiger partial charge is 0.264 e. The summed E-state index contributed by atoms with van der Waals surface area (Å²) in [5, 5.41) is 1.67. The minimum Gasteiger partial charge on any atom is -0.284 e. The van der Waals surface area contributed by atoms with E-state index in [-0.39, 0.29) is 10.9 Å². The van der Waals surface area contributed by atoms with E-state index < -0.39 is 0 Å². The minimum absolute atomic E-state index is 0.374. The van der Waals surface area contributed by atoms with Crippen molar-refractivity contribution in [2.75, 3.05) is 0 Å². The summed E-state index contributed by atoms with van der Waals surface area (Å²) in [6.07, 6.45) is 0. The quantitative estimate of drug-likeness (QED) is 0.632. The number of hydrogen-bond donors (Lipinski definition) is 0. The van der Waals surface area contributed by atoms with Crippen LogP contribution in [-0.2, 0) is 4.79 Å². The Balaban J connectivity index is 2.43. The third-order valence-corrected chi connectivity index (χ3v) is 3.52. The number of thioether (sulfide) groups is 1. The lowest BCUT2D eigenvalue weighted by Gasteiger charge is -2.01. The summed E-state index contributed by atoms with van der Waals surface area (Å²) in [7, 11) is 0. The van der Waals surface area contributed by atoms with Gasteiger partial charge in [0.2, 0.25) is 5.78 Å². The monoisotopic (exact) mass is 214 g/mol. The zero-order valence-electron chi connectivity index (χ0n) is 7.69. The Morgan fingerprint density at radius 1 is 0.933 bits per heavy atom. The van der Waals surface area contributed by atoms with Gasteiger partial charge in [0.15, 0.2) is 0 Å². The van der Waals surface area contributed by atoms with E-state index in [9.17, 15) is 9.59 Å². The highest BCUT2D eigenvalue weighted by molar-refractivity contribution is 8.16. The fourth-order valence-electron chi connectivity index (χ4n) is 1.78. The van der Waals surface area contributed by atoms with Gasteiger partial charge >= 0.3 is 0 Å². The van der Waals surface area contributed by atoms with E-state index in [1.165, 1.54) is 0 Å². The fourth-order valence-corrected chi connectivity index (χ4v) is 2.74. The van der Waals surface area contributed by atoms with Crippen LogP contribution in [0.2, 0.25) is 0 Å². The van der Waals surface area contributed by atoms with Gasteiger partial charge in [0.05, 0.1) is 0 Å². The second-order valence-electron chi connectivity index (χ2n) is 3.38. The average molecular weight is 214 g/mol. The second-order valence-corrected chi connectivity index (χ2v) is 4.37. The predicted molar refractivity (Wildman–Crippen MR) is 59.1 cm³/mol. The van der Waals surface area contributed by atoms with Crippen molar-refractivity contribution >= 4 is 33.4 Å². The Hall–Kier alpha value is -1.61. The number of rotatable bonds is 0. The summed E-state index contributed by atoms with van der Waals surface area (Å²) in [5.41, 5.74) is 0.545. The molecule has 1 aliphatic rings. The van der Waals surface area contributed by atoms with Crippen LogP contribution in [0.4, 0.5) is 0 Å². The minimum atomic E-state index is -0.374. The topological polar surface area (TPSA) is 34.1 Å². The zero-order chi connectivity index (χ0) is 10.4. The van der Waals surface area contributed by atoms with E-state index in [0.29, 0.717) is 5.56 Å². The van der Waals surface area contributed by atoms with Gasteiger partial charge in [-0.15, -0.1) is 0 Å². The molecule has 0 aliphatic carbocycles. The Bertz CT molecular complexity index is 602. The van der Waals surface area contributed by atoms with Crippen molar-refractivity contribution in [2.45, 2.75) is 4.90 Å². The molecule has 1 heterocycles. The molecule has 3 rings (SSSR count). The molecule has 1 aliphatic heterocycles. The van der Waals surface area contributed by atoms with Crippen molar-refractivity contribution in [3.05, 3.63) is 42.0 Å². The molecule has 0 saturated carbocycles. The summed E-state index contributed by atoms with van der Waals surface area (Å²) in [4.78, 5) is 23.6. The highest BCUT2D eigenvalue weighted by Crippen LogP contribution is 2.38. The maximum atomic E-state index is 11.5. The van der Waals surface area contributed by atoms with Crippen molar-refractivity contribution in [3.63, 3.8) is 0 Å². The first-order valence-corrected chi connectivity index (χ1v) is 5.37. The molecule has 2 aromatic carbocycles. The van der Waals surface area contributed by atoms with Crippen LogP contribution in [0.3, 0.4) is 0 Å². The molecule has 15 heavy (non-hydrogen) atoms. The zero-order valence-corrected chi connectivity index (χ0v) is 8.51. The largest absolute Gasteiger partial charge is 0.284 e. The van der Waals surface area contributed by atoms with Crippen molar-refractivity contribution in [3.8, 4) is 0 Å². The van der Waals surface area contributed by atoms with Crippen molar-refractivity contribution in [1.82, 2.24) is 0 Å². The Kier molecular flexibility index (Phi) is 1.70. The van der Waals surface area contributed by atoms with Crippen molar-refractivity contribution in [1.29, 1.82) is 0 Å². The van der Waals surface area contributed by atoms with Gasteiger partial charge in [0, 0.05) is 10.5 Å². The molecule has 0 radical (unpaired) electrons. The molecule has 0 saturated heterocycles. The summed E-state index contributed by atoms with van der Waals surface area (Å²) in [6, 6.07) is 11.4. The van der Waals surface area contributed by atoms with E-state index in [2.05, 4.69) is 0 Å². The van der Waals surface area contributed by atoms with Gasteiger partial charge in [-0.25, -0.2) is 0 Å². The number of hydrogen-bond acceptors (Lipinski definition) is 3. The molecular formula is C12H6O2S. The molecule has 0 atom stereocenters. The van der Waals surface area contributed by atoms with Crippen LogP contribution in [0.25, 0.3) is 10.8 Å². The van der Waals surface area contributed by atoms with E-state index in [1.807, 2.05) is 30.3 Å². The lowest BCUT2D eigenvalue weighted by molar-refractivity contribution is -0.107. The molecule has 0 N–H and O–H groups in total. The number of Topliss-reactive ketones (excluding diaryl/α,β-unsaturated/α-hetero) is 1. The summed E-state index contributed by atoms with van der Waals surface area (Å²) in [5.74, 6) is -0.374.